The predicted molar refractivity (Wildman–Crippen MR) is 80.6 cm³/mol. The second-order valence-corrected chi connectivity index (χ2v) is 11.0. The van der Waals surface area contributed by atoms with E-state index in [1.54, 1.807) is 0 Å². The van der Waals surface area contributed by atoms with Crippen molar-refractivity contribution >= 4 is 14.1 Å². The molecule has 0 spiro atoms. The standard InChI is InChI=1S/C14H26N2OSi/c1-14(2,3)18(5,6)17-10-8-12-7-9-16-13(11-12)15-4/h7,9,11H,8,10H2,1-6H3,(H,15,16). The smallest absolute Gasteiger partial charge is 0.191 e. The average molecular weight is 266 g/mol. The molecule has 0 atom stereocenters. The normalized spacial score (nSPS) is 12.6. The van der Waals surface area contributed by atoms with Gasteiger partial charge in [0.25, 0.3) is 0 Å². The van der Waals surface area contributed by atoms with E-state index < -0.39 is 8.32 Å². The minimum Gasteiger partial charge on any atom is -0.416 e. The molecule has 0 aromatic carbocycles. The Morgan fingerprint density at radius 3 is 2.56 bits per heavy atom. The highest BCUT2D eigenvalue weighted by atomic mass is 28.4. The molecule has 1 N–H and O–H groups in total. The van der Waals surface area contributed by atoms with Crippen molar-refractivity contribution in [2.45, 2.75) is 45.3 Å². The lowest BCUT2D eigenvalue weighted by atomic mass is 10.2. The lowest BCUT2D eigenvalue weighted by molar-refractivity contribution is 0.292. The largest absolute Gasteiger partial charge is 0.416 e. The molecule has 18 heavy (non-hydrogen) atoms. The summed E-state index contributed by atoms with van der Waals surface area (Å²) < 4.78 is 6.17. The van der Waals surface area contributed by atoms with Gasteiger partial charge in [-0.05, 0) is 42.2 Å². The van der Waals surface area contributed by atoms with Gasteiger partial charge in [-0.3, -0.25) is 0 Å². The second kappa shape index (κ2) is 5.84. The highest BCUT2D eigenvalue weighted by Gasteiger charge is 2.36. The van der Waals surface area contributed by atoms with E-state index in [1.807, 2.05) is 13.2 Å². The molecule has 102 valence electrons. The number of hydrogen-bond acceptors (Lipinski definition) is 3. The van der Waals surface area contributed by atoms with Crippen LogP contribution in [0.2, 0.25) is 18.1 Å². The molecule has 1 aromatic heterocycles. The Hall–Kier alpha value is -0.873. The lowest BCUT2D eigenvalue weighted by Gasteiger charge is -2.36. The van der Waals surface area contributed by atoms with Crippen LogP contribution in [0.4, 0.5) is 5.82 Å². The van der Waals surface area contributed by atoms with Crippen molar-refractivity contribution in [3.63, 3.8) is 0 Å². The number of aromatic nitrogens is 1. The van der Waals surface area contributed by atoms with Gasteiger partial charge in [0.1, 0.15) is 5.82 Å². The topological polar surface area (TPSA) is 34.1 Å². The van der Waals surface area contributed by atoms with Crippen LogP contribution in [0.15, 0.2) is 18.3 Å². The molecule has 1 aromatic rings. The van der Waals surface area contributed by atoms with Crippen molar-refractivity contribution in [1.82, 2.24) is 4.98 Å². The highest BCUT2D eigenvalue weighted by molar-refractivity contribution is 6.74. The summed E-state index contributed by atoms with van der Waals surface area (Å²) in [6.45, 7) is 12.2. The summed E-state index contributed by atoms with van der Waals surface area (Å²) in [5, 5.41) is 3.33. The third-order valence-electron chi connectivity index (χ3n) is 3.74. The number of nitrogens with zero attached hydrogens (tertiary/aromatic N) is 1. The minimum absolute atomic E-state index is 0.279. The Morgan fingerprint density at radius 1 is 1.33 bits per heavy atom. The summed E-state index contributed by atoms with van der Waals surface area (Å²) in [7, 11) is 0.275. The van der Waals surface area contributed by atoms with Crippen LogP contribution < -0.4 is 5.32 Å². The average Bonchev–Trinajstić information content (AvgIpc) is 2.27. The van der Waals surface area contributed by atoms with Gasteiger partial charge in [0.15, 0.2) is 8.32 Å². The van der Waals surface area contributed by atoms with Crippen LogP contribution in [0.25, 0.3) is 0 Å². The van der Waals surface area contributed by atoms with E-state index >= 15 is 0 Å². The molecule has 0 aliphatic heterocycles. The number of rotatable bonds is 5. The third kappa shape index (κ3) is 4.10. The van der Waals surface area contributed by atoms with Gasteiger partial charge in [-0.15, -0.1) is 0 Å². The Balaban J connectivity index is 2.51. The van der Waals surface area contributed by atoms with Crippen LogP contribution in [0, 0.1) is 0 Å². The summed E-state index contributed by atoms with van der Waals surface area (Å²) >= 11 is 0. The Labute approximate surface area is 112 Å². The van der Waals surface area contributed by atoms with E-state index in [9.17, 15) is 0 Å². The quantitative estimate of drug-likeness (QED) is 0.825. The summed E-state index contributed by atoms with van der Waals surface area (Å²) in [5.41, 5.74) is 1.27. The van der Waals surface area contributed by atoms with Crippen molar-refractivity contribution in [1.29, 1.82) is 0 Å². The zero-order valence-corrected chi connectivity index (χ0v) is 13.5. The van der Waals surface area contributed by atoms with Gasteiger partial charge in [0, 0.05) is 19.9 Å². The first-order valence-electron chi connectivity index (χ1n) is 6.53. The summed E-state index contributed by atoms with van der Waals surface area (Å²) in [5.74, 6) is 0.917. The van der Waals surface area contributed by atoms with Crippen LogP contribution in [-0.2, 0) is 10.8 Å². The van der Waals surface area contributed by atoms with E-state index in [0.29, 0.717) is 0 Å². The number of hydrogen-bond donors (Lipinski definition) is 1. The minimum atomic E-state index is -1.61. The maximum atomic E-state index is 6.17. The van der Waals surface area contributed by atoms with Crippen molar-refractivity contribution in [2.24, 2.45) is 0 Å². The molecule has 0 bridgehead atoms. The van der Waals surface area contributed by atoms with E-state index in [4.69, 9.17) is 4.43 Å². The van der Waals surface area contributed by atoms with Crippen molar-refractivity contribution in [2.75, 3.05) is 19.0 Å². The number of anilines is 1. The van der Waals surface area contributed by atoms with Crippen LogP contribution in [0.1, 0.15) is 26.3 Å². The molecule has 0 fully saturated rings. The first kappa shape index (κ1) is 15.2. The molecular formula is C14H26N2OSi. The first-order chi connectivity index (χ1) is 8.26. The Morgan fingerprint density at radius 2 is 2.00 bits per heavy atom. The van der Waals surface area contributed by atoms with Crippen LogP contribution in [-0.4, -0.2) is 27.0 Å². The third-order valence-corrected chi connectivity index (χ3v) is 8.28. The molecule has 1 rings (SSSR count). The summed E-state index contributed by atoms with van der Waals surface area (Å²) in [6.07, 6.45) is 2.79. The van der Waals surface area contributed by atoms with E-state index in [1.165, 1.54) is 5.56 Å². The van der Waals surface area contributed by atoms with Gasteiger partial charge < -0.3 is 9.74 Å². The van der Waals surface area contributed by atoms with Crippen LogP contribution in [0.3, 0.4) is 0 Å². The molecule has 3 nitrogen and oxygen atoms in total. The van der Waals surface area contributed by atoms with E-state index in [0.717, 1.165) is 18.8 Å². The van der Waals surface area contributed by atoms with Crippen molar-refractivity contribution in [3.05, 3.63) is 23.9 Å². The molecule has 0 aliphatic rings. The van der Waals surface area contributed by atoms with Crippen molar-refractivity contribution in [3.8, 4) is 0 Å². The molecule has 0 radical (unpaired) electrons. The predicted octanol–water partition coefficient (Wildman–Crippen LogP) is 3.69. The SMILES string of the molecule is CNc1cc(CCO[Si](C)(C)C(C)(C)C)ccn1. The molecule has 4 heteroatoms. The molecular weight excluding hydrogens is 240 g/mol. The molecule has 1 heterocycles. The van der Waals surface area contributed by atoms with Crippen LogP contribution >= 0.6 is 0 Å². The first-order valence-corrected chi connectivity index (χ1v) is 9.44. The summed E-state index contributed by atoms with van der Waals surface area (Å²) in [6, 6.07) is 4.13. The molecule has 0 aliphatic carbocycles. The fraction of sp³-hybridized carbons (Fsp3) is 0.643. The van der Waals surface area contributed by atoms with Gasteiger partial charge in [-0.2, -0.15) is 0 Å². The van der Waals surface area contributed by atoms with Crippen LogP contribution in [0.5, 0.6) is 0 Å². The van der Waals surface area contributed by atoms with E-state index in [2.05, 4.69) is 56.3 Å². The Bertz CT molecular complexity index is 386. The molecule has 0 saturated carbocycles. The number of nitrogens with one attached hydrogen (secondary N) is 1. The van der Waals surface area contributed by atoms with Gasteiger partial charge >= 0.3 is 0 Å². The van der Waals surface area contributed by atoms with E-state index in [-0.39, 0.29) is 5.04 Å². The van der Waals surface area contributed by atoms with Crippen molar-refractivity contribution < 1.29 is 4.43 Å². The highest BCUT2D eigenvalue weighted by Crippen LogP contribution is 2.36. The fourth-order valence-electron chi connectivity index (χ4n) is 1.41. The van der Waals surface area contributed by atoms with Gasteiger partial charge in [0.05, 0.1) is 0 Å². The van der Waals surface area contributed by atoms with Gasteiger partial charge in [-0.25, -0.2) is 4.98 Å². The Kier molecular flexibility index (Phi) is 4.93. The zero-order chi connectivity index (χ0) is 13.8. The second-order valence-electron chi connectivity index (χ2n) is 6.16. The summed E-state index contributed by atoms with van der Waals surface area (Å²) in [4.78, 5) is 4.21. The lowest BCUT2D eigenvalue weighted by Crippen LogP contribution is -2.41. The molecule has 0 unspecified atom stereocenters. The fourth-order valence-corrected chi connectivity index (χ4v) is 2.45. The maximum absolute atomic E-state index is 6.17. The molecule has 0 amide bonds. The van der Waals surface area contributed by atoms with Gasteiger partial charge in [-0.1, -0.05) is 20.8 Å². The zero-order valence-electron chi connectivity index (χ0n) is 12.5. The van der Waals surface area contributed by atoms with Gasteiger partial charge in [0.2, 0.25) is 0 Å². The number of pyridine rings is 1. The maximum Gasteiger partial charge on any atom is 0.191 e. The monoisotopic (exact) mass is 266 g/mol. The molecule has 0 saturated heterocycles.